The molecule has 1 aliphatic heterocycles. The molecule has 1 fully saturated rings. The highest BCUT2D eigenvalue weighted by Gasteiger charge is 2.28. The second kappa shape index (κ2) is 5.73. The van der Waals surface area contributed by atoms with Gasteiger partial charge >= 0.3 is 6.09 Å². The predicted molar refractivity (Wildman–Crippen MR) is 81.2 cm³/mol. The monoisotopic (exact) mass is 291 g/mol. The fourth-order valence-electron chi connectivity index (χ4n) is 1.99. The summed E-state index contributed by atoms with van der Waals surface area (Å²) >= 11 is 0. The van der Waals surface area contributed by atoms with Crippen molar-refractivity contribution in [2.75, 3.05) is 23.4 Å². The largest absolute Gasteiger partial charge is 0.447 e. The minimum atomic E-state index is -0.613. The van der Waals surface area contributed by atoms with Crippen LogP contribution in [0, 0.1) is 5.41 Å². The summed E-state index contributed by atoms with van der Waals surface area (Å²) in [5.41, 5.74) is 6.91. The quantitative estimate of drug-likeness (QED) is 0.891. The highest BCUT2D eigenvalue weighted by molar-refractivity contribution is 5.96. The van der Waals surface area contributed by atoms with Gasteiger partial charge in [0.15, 0.2) is 0 Å². The standard InChI is InChI=1S/C15H21N3O3/c1-15(2,3)12(16)13(19)17-10-5-4-6-11(9-10)18-7-8-21-14(18)20/h4-6,9,12H,7-8,16H2,1-3H3,(H,17,19). The molecule has 0 aromatic heterocycles. The van der Waals surface area contributed by atoms with Gasteiger partial charge in [0.05, 0.1) is 12.6 Å². The Morgan fingerprint density at radius 3 is 2.71 bits per heavy atom. The van der Waals surface area contributed by atoms with Gasteiger partial charge in [0, 0.05) is 11.4 Å². The SMILES string of the molecule is CC(C)(C)C(N)C(=O)Nc1cccc(N2CCOC2=O)c1. The van der Waals surface area contributed by atoms with Crippen molar-refractivity contribution in [1.82, 2.24) is 0 Å². The molecule has 2 amide bonds. The molecule has 1 unspecified atom stereocenters. The molecule has 6 heteroatoms. The maximum Gasteiger partial charge on any atom is 0.414 e. The number of benzene rings is 1. The number of nitrogens with zero attached hydrogens (tertiary/aromatic N) is 1. The Morgan fingerprint density at radius 1 is 1.43 bits per heavy atom. The van der Waals surface area contributed by atoms with E-state index in [1.165, 1.54) is 4.90 Å². The van der Waals surface area contributed by atoms with Crippen LogP contribution in [0.25, 0.3) is 0 Å². The molecule has 21 heavy (non-hydrogen) atoms. The molecule has 0 bridgehead atoms. The van der Waals surface area contributed by atoms with Gasteiger partial charge in [-0.2, -0.15) is 0 Å². The number of anilines is 2. The van der Waals surface area contributed by atoms with E-state index in [1.807, 2.05) is 20.8 Å². The van der Waals surface area contributed by atoms with Crippen LogP contribution in [-0.4, -0.2) is 31.2 Å². The second-order valence-electron chi connectivity index (χ2n) is 6.15. The van der Waals surface area contributed by atoms with Crippen LogP contribution >= 0.6 is 0 Å². The first-order valence-electron chi connectivity index (χ1n) is 6.90. The summed E-state index contributed by atoms with van der Waals surface area (Å²) in [4.78, 5) is 25.2. The summed E-state index contributed by atoms with van der Waals surface area (Å²) in [7, 11) is 0. The molecule has 1 saturated heterocycles. The topological polar surface area (TPSA) is 84.7 Å². The third-order valence-electron chi connectivity index (χ3n) is 3.40. The average Bonchev–Trinajstić information content (AvgIpc) is 2.83. The molecule has 3 N–H and O–H groups in total. The number of nitrogens with two attached hydrogens (primary N) is 1. The van der Waals surface area contributed by atoms with Gasteiger partial charge in [0.25, 0.3) is 0 Å². The van der Waals surface area contributed by atoms with E-state index < -0.39 is 6.04 Å². The Labute approximate surface area is 124 Å². The zero-order valence-electron chi connectivity index (χ0n) is 12.6. The normalized spacial score (nSPS) is 16.6. The number of cyclic esters (lactones) is 1. The van der Waals surface area contributed by atoms with Crippen molar-refractivity contribution in [2.24, 2.45) is 11.1 Å². The molecule has 1 aromatic carbocycles. The molecule has 1 atom stereocenters. The maximum atomic E-state index is 12.1. The van der Waals surface area contributed by atoms with E-state index in [-0.39, 0.29) is 17.4 Å². The molecule has 0 aliphatic carbocycles. The Bertz CT molecular complexity index is 551. The number of hydrogen-bond donors (Lipinski definition) is 2. The highest BCUT2D eigenvalue weighted by Crippen LogP contribution is 2.24. The molecule has 2 rings (SSSR count). The summed E-state index contributed by atoms with van der Waals surface area (Å²) < 4.78 is 4.90. The molecular weight excluding hydrogens is 270 g/mol. The van der Waals surface area contributed by atoms with Gasteiger partial charge in [-0.05, 0) is 23.6 Å². The van der Waals surface area contributed by atoms with Crippen LogP contribution in [0.5, 0.6) is 0 Å². The van der Waals surface area contributed by atoms with Crippen molar-refractivity contribution in [3.8, 4) is 0 Å². The van der Waals surface area contributed by atoms with Crippen LogP contribution in [0.15, 0.2) is 24.3 Å². The molecule has 1 aromatic rings. The van der Waals surface area contributed by atoms with E-state index in [0.717, 1.165) is 0 Å². The first-order chi connectivity index (χ1) is 9.79. The summed E-state index contributed by atoms with van der Waals surface area (Å²) in [5.74, 6) is -0.247. The van der Waals surface area contributed by atoms with Crippen LogP contribution in [0.4, 0.5) is 16.2 Å². The molecule has 0 saturated carbocycles. The van der Waals surface area contributed by atoms with Gasteiger partial charge in [0.1, 0.15) is 6.61 Å². The fraction of sp³-hybridized carbons (Fsp3) is 0.467. The Hall–Kier alpha value is -2.08. The van der Waals surface area contributed by atoms with E-state index >= 15 is 0 Å². The zero-order valence-corrected chi connectivity index (χ0v) is 12.6. The van der Waals surface area contributed by atoms with Crippen molar-refractivity contribution in [3.05, 3.63) is 24.3 Å². The minimum Gasteiger partial charge on any atom is -0.447 e. The van der Waals surface area contributed by atoms with Crippen LogP contribution in [0.2, 0.25) is 0 Å². The average molecular weight is 291 g/mol. The van der Waals surface area contributed by atoms with Gasteiger partial charge < -0.3 is 15.8 Å². The lowest BCUT2D eigenvalue weighted by Crippen LogP contribution is -2.45. The number of carbonyl (C=O) groups is 2. The number of carbonyl (C=O) groups excluding carboxylic acids is 2. The Kier molecular flexibility index (Phi) is 4.18. The minimum absolute atomic E-state index is 0.247. The Morgan fingerprint density at radius 2 is 2.14 bits per heavy atom. The smallest absolute Gasteiger partial charge is 0.414 e. The Balaban J connectivity index is 2.11. The van der Waals surface area contributed by atoms with Gasteiger partial charge in [-0.25, -0.2) is 4.79 Å². The highest BCUT2D eigenvalue weighted by atomic mass is 16.6. The molecule has 1 heterocycles. The summed E-state index contributed by atoms with van der Waals surface area (Å²) in [6.45, 7) is 6.62. The summed E-state index contributed by atoms with van der Waals surface area (Å²) in [6.07, 6.45) is -0.370. The van der Waals surface area contributed by atoms with Crippen LogP contribution < -0.4 is 16.0 Å². The van der Waals surface area contributed by atoms with Crippen molar-refractivity contribution >= 4 is 23.4 Å². The van der Waals surface area contributed by atoms with E-state index in [2.05, 4.69) is 5.32 Å². The van der Waals surface area contributed by atoms with Gasteiger partial charge in [-0.1, -0.05) is 26.8 Å². The van der Waals surface area contributed by atoms with Crippen LogP contribution in [0.1, 0.15) is 20.8 Å². The maximum absolute atomic E-state index is 12.1. The molecule has 114 valence electrons. The number of rotatable bonds is 3. The molecule has 6 nitrogen and oxygen atoms in total. The van der Waals surface area contributed by atoms with Gasteiger partial charge in [-0.3, -0.25) is 9.69 Å². The van der Waals surface area contributed by atoms with E-state index in [1.54, 1.807) is 24.3 Å². The van der Waals surface area contributed by atoms with Crippen LogP contribution in [-0.2, 0) is 9.53 Å². The number of hydrogen-bond acceptors (Lipinski definition) is 4. The second-order valence-corrected chi connectivity index (χ2v) is 6.15. The van der Waals surface area contributed by atoms with E-state index in [9.17, 15) is 9.59 Å². The van der Waals surface area contributed by atoms with Crippen molar-refractivity contribution in [1.29, 1.82) is 0 Å². The first kappa shape index (κ1) is 15.3. The predicted octanol–water partition coefficient (Wildman–Crippen LogP) is 1.96. The van der Waals surface area contributed by atoms with Gasteiger partial charge in [0.2, 0.25) is 5.91 Å². The number of nitrogens with one attached hydrogen (secondary N) is 1. The van der Waals surface area contributed by atoms with Crippen molar-refractivity contribution in [2.45, 2.75) is 26.8 Å². The third kappa shape index (κ3) is 3.52. The van der Waals surface area contributed by atoms with Crippen molar-refractivity contribution in [3.63, 3.8) is 0 Å². The third-order valence-corrected chi connectivity index (χ3v) is 3.40. The lowest BCUT2D eigenvalue weighted by Gasteiger charge is -2.26. The summed E-state index contributed by atoms with van der Waals surface area (Å²) in [5, 5.41) is 2.78. The fourth-order valence-corrected chi connectivity index (χ4v) is 1.99. The molecule has 0 spiro atoms. The number of amides is 2. The van der Waals surface area contributed by atoms with E-state index in [0.29, 0.717) is 24.5 Å². The summed E-state index contributed by atoms with van der Waals surface area (Å²) in [6, 6.07) is 6.46. The molecule has 1 aliphatic rings. The van der Waals surface area contributed by atoms with Crippen molar-refractivity contribution < 1.29 is 14.3 Å². The number of ether oxygens (including phenoxy) is 1. The first-order valence-corrected chi connectivity index (χ1v) is 6.90. The lowest BCUT2D eigenvalue weighted by molar-refractivity contribution is -0.119. The van der Waals surface area contributed by atoms with E-state index in [4.69, 9.17) is 10.5 Å². The molecule has 0 radical (unpaired) electrons. The van der Waals surface area contributed by atoms with Gasteiger partial charge in [-0.15, -0.1) is 0 Å². The zero-order chi connectivity index (χ0) is 15.6. The molecular formula is C15H21N3O3. The lowest BCUT2D eigenvalue weighted by atomic mass is 9.87. The van der Waals surface area contributed by atoms with Crippen LogP contribution in [0.3, 0.4) is 0 Å².